The number of thioether (sulfide) groups is 1. The first kappa shape index (κ1) is 13.8. The Labute approximate surface area is 119 Å². The van der Waals surface area contributed by atoms with Crippen molar-refractivity contribution in [2.75, 3.05) is 18.1 Å². The van der Waals surface area contributed by atoms with Gasteiger partial charge in [0.25, 0.3) is 0 Å². The molecule has 0 aromatic heterocycles. The molecule has 0 atom stereocenters. The quantitative estimate of drug-likeness (QED) is 0.466. The number of anilines is 1. The number of benzene rings is 2. The first-order chi connectivity index (χ1) is 9.34. The van der Waals surface area contributed by atoms with Crippen molar-refractivity contribution in [2.24, 2.45) is 0 Å². The van der Waals surface area contributed by atoms with Crippen LogP contribution < -0.4 is 10.5 Å². The molecule has 0 radical (unpaired) electrons. The molecule has 0 unspecified atom stereocenters. The summed E-state index contributed by atoms with van der Waals surface area (Å²) in [5, 5.41) is 0. The van der Waals surface area contributed by atoms with Crippen LogP contribution in [-0.4, -0.2) is 12.4 Å². The van der Waals surface area contributed by atoms with Crippen LogP contribution in [0.15, 0.2) is 59.5 Å². The van der Waals surface area contributed by atoms with Crippen LogP contribution in [0.3, 0.4) is 0 Å². The lowest BCUT2D eigenvalue weighted by Crippen LogP contribution is -1.98. The molecule has 0 bridgehead atoms. The normalized spacial score (nSPS) is 10.3. The molecule has 2 aromatic carbocycles. The molecule has 2 nitrogen and oxygen atoms in total. The molecule has 100 valence electrons. The van der Waals surface area contributed by atoms with Crippen molar-refractivity contribution in [3.63, 3.8) is 0 Å². The Morgan fingerprint density at radius 1 is 0.947 bits per heavy atom. The lowest BCUT2D eigenvalue weighted by molar-refractivity contribution is 0.310. The molecule has 0 aliphatic carbocycles. The second kappa shape index (κ2) is 7.74. The lowest BCUT2D eigenvalue weighted by atomic mass is 10.3. The minimum absolute atomic E-state index is 0.747. The maximum absolute atomic E-state index is 5.69. The molecule has 2 N–H and O–H groups in total. The average Bonchev–Trinajstić information content (AvgIpc) is 2.44. The predicted molar refractivity (Wildman–Crippen MR) is 82.7 cm³/mol. The summed E-state index contributed by atoms with van der Waals surface area (Å²) >= 11 is 1.89. The average molecular weight is 273 g/mol. The molecule has 0 amide bonds. The van der Waals surface area contributed by atoms with E-state index in [2.05, 4.69) is 24.3 Å². The highest BCUT2D eigenvalue weighted by molar-refractivity contribution is 7.99. The molecule has 2 aromatic rings. The van der Waals surface area contributed by atoms with E-state index < -0.39 is 0 Å². The van der Waals surface area contributed by atoms with E-state index in [4.69, 9.17) is 10.5 Å². The minimum Gasteiger partial charge on any atom is -0.494 e. The highest BCUT2D eigenvalue weighted by atomic mass is 32.2. The van der Waals surface area contributed by atoms with Gasteiger partial charge in [-0.3, -0.25) is 0 Å². The second-order valence-corrected chi connectivity index (χ2v) is 5.46. The Hall–Kier alpha value is -1.61. The van der Waals surface area contributed by atoms with Gasteiger partial charge in [0.05, 0.1) is 6.61 Å². The monoisotopic (exact) mass is 273 g/mol. The summed E-state index contributed by atoms with van der Waals surface area (Å²) in [5.41, 5.74) is 6.44. The van der Waals surface area contributed by atoms with E-state index >= 15 is 0 Å². The van der Waals surface area contributed by atoms with Gasteiger partial charge in [0.15, 0.2) is 0 Å². The van der Waals surface area contributed by atoms with Crippen molar-refractivity contribution in [1.29, 1.82) is 0 Å². The van der Waals surface area contributed by atoms with E-state index in [-0.39, 0.29) is 0 Å². The van der Waals surface area contributed by atoms with E-state index in [1.807, 2.05) is 42.1 Å². The Balaban J connectivity index is 1.58. The maximum atomic E-state index is 5.69. The van der Waals surface area contributed by atoms with Crippen molar-refractivity contribution in [3.8, 4) is 5.75 Å². The zero-order chi connectivity index (χ0) is 13.3. The van der Waals surface area contributed by atoms with Gasteiger partial charge in [-0.2, -0.15) is 0 Å². The van der Waals surface area contributed by atoms with Gasteiger partial charge in [0.1, 0.15) is 5.75 Å². The van der Waals surface area contributed by atoms with E-state index in [1.165, 1.54) is 4.90 Å². The van der Waals surface area contributed by atoms with Gasteiger partial charge < -0.3 is 10.5 Å². The molecule has 0 saturated heterocycles. The summed E-state index contributed by atoms with van der Waals surface area (Å²) in [6.45, 7) is 0.749. The molecule has 19 heavy (non-hydrogen) atoms. The van der Waals surface area contributed by atoms with E-state index in [0.29, 0.717) is 0 Å². The van der Waals surface area contributed by atoms with Crippen LogP contribution in [0.25, 0.3) is 0 Å². The first-order valence-corrected chi connectivity index (χ1v) is 7.49. The maximum Gasteiger partial charge on any atom is 0.121 e. The number of hydrogen-bond acceptors (Lipinski definition) is 3. The number of nitrogen functional groups attached to an aromatic ring is 1. The summed E-state index contributed by atoms with van der Waals surface area (Å²) < 4.78 is 5.65. The van der Waals surface area contributed by atoms with Gasteiger partial charge in [0, 0.05) is 16.6 Å². The van der Waals surface area contributed by atoms with Gasteiger partial charge in [-0.1, -0.05) is 24.3 Å². The molecule has 3 heteroatoms. The van der Waals surface area contributed by atoms with Gasteiger partial charge in [0.2, 0.25) is 0 Å². The Kier molecular flexibility index (Phi) is 5.63. The van der Waals surface area contributed by atoms with Gasteiger partial charge >= 0.3 is 0 Å². The Morgan fingerprint density at radius 2 is 1.79 bits per heavy atom. The highest BCUT2D eigenvalue weighted by Gasteiger charge is 1.96. The molecular formula is C16H19NOS. The molecule has 0 spiro atoms. The third-order valence-corrected chi connectivity index (χ3v) is 3.78. The summed E-state index contributed by atoms with van der Waals surface area (Å²) in [5.74, 6) is 1.99. The lowest BCUT2D eigenvalue weighted by Gasteiger charge is -2.06. The Bertz CT molecular complexity index is 487. The van der Waals surface area contributed by atoms with Crippen LogP contribution in [0, 0.1) is 0 Å². The fraction of sp³-hybridized carbons (Fsp3) is 0.250. The molecule has 0 aliphatic rings. The number of rotatable bonds is 7. The van der Waals surface area contributed by atoms with Crippen LogP contribution in [0.4, 0.5) is 5.69 Å². The van der Waals surface area contributed by atoms with Crippen molar-refractivity contribution in [3.05, 3.63) is 54.6 Å². The number of nitrogens with two attached hydrogens (primary N) is 1. The fourth-order valence-corrected chi connectivity index (χ4v) is 2.64. The minimum atomic E-state index is 0.747. The predicted octanol–water partition coefficient (Wildman–Crippen LogP) is 4.22. The summed E-state index contributed by atoms with van der Waals surface area (Å²) in [7, 11) is 0. The van der Waals surface area contributed by atoms with E-state index in [1.54, 1.807) is 0 Å². The van der Waals surface area contributed by atoms with Gasteiger partial charge in [-0.15, -0.1) is 11.8 Å². The zero-order valence-electron chi connectivity index (χ0n) is 10.9. The molecule has 2 rings (SSSR count). The molecule has 0 heterocycles. The number of ether oxygens (including phenoxy) is 1. The van der Waals surface area contributed by atoms with Crippen LogP contribution in [0.2, 0.25) is 0 Å². The van der Waals surface area contributed by atoms with Crippen molar-refractivity contribution in [2.45, 2.75) is 17.7 Å². The highest BCUT2D eigenvalue weighted by Crippen LogP contribution is 2.19. The standard InChI is InChI=1S/C16H19NOS/c17-14-7-6-8-15(13-14)18-11-4-5-12-19-16-9-2-1-3-10-16/h1-3,6-10,13H,4-5,11-12,17H2. The van der Waals surface area contributed by atoms with Crippen LogP contribution in [0.5, 0.6) is 5.75 Å². The zero-order valence-corrected chi connectivity index (χ0v) is 11.7. The van der Waals surface area contributed by atoms with Crippen LogP contribution >= 0.6 is 11.8 Å². The van der Waals surface area contributed by atoms with Crippen molar-refractivity contribution >= 4 is 17.4 Å². The number of hydrogen-bond donors (Lipinski definition) is 1. The van der Waals surface area contributed by atoms with Gasteiger partial charge in [-0.25, -0.2) is 0 Å². The fourth-order valence-electron chi connectivity index (χ4n) is 1.71. The first-order valence-electron chi connectivity index (χ1n) is 6.51. The van der Waals surface area contributed by atoms with E-state index in [0.717, 1.165) is 36.6 Å². The van der Waals surface area contributed by atoms with E-state index in [9.17, 15) is 0 Å². The summed E-state index contributed by atoms with van der Waals surface area (Å²) in [4.78, 5) is 1.33. The molecular weight excluding hydrogens is 254 g/mol. The van der Waals surface area contributed by atoms with Crippen molar-refractivity contribution in [1.82, 2.24) is 0 Å². The molecule has 0 fully saturated rings. The SMILES string of the molecule is Nc1cccc(OCCCCSc2ccccc2)c1. The van der Waals surface area contributed by atoms with Gasteiger partial charge in [-0.05, 0) is 42.9 Å². The summed E-state index contributed by atoms with van der Waals surface area (Å²) in [6.07, 6.45) is 2.22. The third kappa shape index (κ3) is 5.26. The van der Waals surface area contributed by atoms with Crippen molar-refractivity contribution < 1.29 is 4.74 Å². The molecule has 0 aliphatic heterocycles. The number of unbranched alkanes of at least 4 members (excludes halogenated alkanes) is 1. The third-order valence-electron chi connectivity index (χ3n) is 2.68. The molecule has 0 saturated carbocycles. The summed E-state index contributed by atoms with van der Waals surface area (Å²) in [6, 6.07) is 18.1. The Morgan fingerprint density at radius 3 is 2.58 bits per heavy atom. The van der Waals surface area contributed by atoms with Crippen LogP contribution in [0.1, 0.15) is 12.8 Å². The topological polar surface area (TPSA) is 35.2 Å². The largest absolute Gasteiger partial charge is 0.494 e. The smallest absolute Gasteiger partial charge is 0.121 e. The second-order valence-electron chi connectivity index (χ2n) is 4.29. The van der Waals surface area contributed by atoms with Crippen LogP contribution in [-0.2, 0) is 0 Å².